The summed E-state index contributed by atoms with van der Waals surface area (Å²) in [5, 5.41) is 9.40. The van der Waals surface area contributed by atoms with Crippen molar-refractivity contribution in [2.24, 2.45) is 11.8 Å². The fourth-order valence-electron chi connectivity index (χ4n) is 7.65. The van der Waals surface area contributed by atoms with Gasteiger partial charge in [-0.3, -0.25) is 14.4 Å². The van der Waals surface area contributed by atoms with E-state index in [9.17, 15) is 19.5 Å². The molecule has 0 aromatic heterocycles. The molecule has 3 amide bonds. The Morgan fingerprint density at radius 1 is 0.919 bits per heavy atom. The lowest BCUT2D eigenvalue weighted by Crippen LogP contribution is -2.57. The van der Waals surface area contributed by atoms with E-state index in [1.807, 2.05) is 48.0 Å². The van der Waals surface area contributed by atoms with E-state index in [0.717, 1.165) is 32.1 Å². The minimum absolute atomic E-state index is 0.0383. The predicted molar refractivity (Wildman–Crippen MR) is 139 cm³/mol. The number of amides is 3. The van der Waals surface area contributed by atoms with Gasteiger partial charge >= 0.3 is 0 Å². The molecule has 2 saturated heterocycles. The van der Waals surface area contributed by atoms with Gasteiger partial charge in [-0.2, -0.15) is 0 Å². The maximum atomic E-state index is 14.4. The molecule has 0 aromatic carbocycles. The number of hydrogen-bond donors (Lipinski definition) is 1. The van der Waals surface area contributed by atoms with Crippen LogP contribution in [-0.4, -0.2) is 93.6 Å². The van der Waals surface area contributed by atoms with Crippen molar-refractivity contribution in [3.05, 3.63) is 24.3 Å². The molecule has 3 fully saturated rings. The normalized spacial score (nSPS) is 36.0. The molecule has 0 bridgehead atoms. The number of carbonyl (C=O) groups is 3. The molecule has 1 unspecified atom stereocenters. The Labute approximate surface area is 220 Å². The fourth-order valence-corrected chi connectivity index (χ4v) is 7.65. The summed E-state index contributed by atoms with van der Waals surface area (Å²) in [5.74, 6) is -1.67. The van der Waals surface area contributed by atoms with E-state index in [2.05, 4.69) is 0 Å². The van der Waals surface area contributed by atoms with Crippen molar-refractivity contribution in [2.75, 3.05) is 32.8 Å². The van der Waals surface area contributed by atoms with Gasteiger partial charge in [-0.15, -0.1) is 0 Å². The van der Waals surface area contributed by atoms with Crippen molar-refractivity contribution in [2.45, 2.75) is 94.9 Å². The first kappa shape index (κ1) is 26.4. The molecule has 204 valence electrons. The molecule has 0 radical (unpaired) electrons. The third kappa shape index (κ3) is 4.15. The van der Waals surface area contributed by atoms with Crippen LogP contribution in [0.5, 0.6) is 0 Å². The Bertz CT molecular complexity index is 959. The highest BCUT2D eigenvalue weighted by Gasteiger charge is 2.75. The maximum Gasteiger partial charge on any atom is 0.249 e. The molecule has 4 aliphatic heterocycles. The van der Waals surface area contributed by atoms with Gasteiger partial charge in [-0.1, -0.05) is 57.4 Å². The smallest absolute Gasteiger partial charge is 0.249 e. The number of ether oxygens (including phenoxy) is 1. The third-order valence-electron chi connectivity index (χ3n) is 9.37. The van der Waals surface area contributed by atoms with Crippen LogP contribution in [0.1, 0.15) is 71.6 Å². The quantitative estimate of drug-likeness (QED) is 0.398. The largest absolute Gasteiger partial charge is 0.396 e. The first-order valence-electron chi connectivity index (χ1n) is 14.5. The van der Waals surface area contributed by atoms with Gasteiger partial charge < -0.3 is 24.5 Å². The Morgan fingerprint density at radius 3 is 2.38 bits per heavy atom. The van der Waals surface area contributed by atoms with Crippen LogP contribution in [0.2, 0.25) is 0 Å². The molecular formula is C29H43N3O5. The number of fused-ring (bicyclic) bond motifs is 2. The van der Waals surface area contributed by atoms with Gasteiger partial charge in [-0.05, 0) is 38.5 Å². The predicted octanol–water partition coefficient (Wildman–Crippen LogP) is 2.66. The Kier molecular flexibility index (Phi) is 7.51. The molecule has 8 nitrogen and oxygen atoms in total. The Morgan fingerprint density at radius 2 is 1.68 bits per heavy atom. The summed E-state index contributed by atoms with van der Waals surface area (Å²) in [4.78, 5) is 48.3. The average Bonchev–Trinajstić information content (AvgIpc) is 3.19. The number of carbonyl (C=O) groups excluding carboxylic acids is 3. The summed E-state index contributed by atoms with van der Waals surface area (Å²) in [7, 11) is 0. The summed E-state index contributed by atoms with van der Waals surface area (Å²) < 4.78 is 7.01. The van der Waals surface area contributed by atoms with Crippen LogP contribution < -0.4 is 0 Å². The third-order valence-corrected chi connectivity index (χ3v) is 9.37. The van der Waals surface area contributed by atoms with Crippen molar-refractivity contribution in [3.63, 3.8) is 0 Å². The summed E-state index contributed by atoms with van der Waals surface area (Å²) in [6.45, 7) is 6.11. The van der Waals surface area contributed by atoms with Crippen LogP contribution >= 0.6 is 0 Å². The lowest BCUT2D eigenvalue weighted by atomic mass is 9.73. The van der Waals surface area contributed by atoms with Gasteiger partial charge in [0.15, 0.2) is 0 Å². The van der Waals surface area contributed by atoms with E-state index < -0.39 is 29.1 Å². The number of rotatable bonds is 8. The second kappa shape index (κ2) is 10.5. The SMILES string of the molecule is CCCN1CC=C[C@@]2(CC)O[C@]34C=CCN(C5CCCCC5)C(=O)C3N(CCCCO)C(=O)[C@@H]4[C@H]2C1=O. The van der Waals surface area contributed by atoms with Gasteiger partial charge in [0.05, 0.1) is 17.4 Å². The number of aliphatic hydroxyl groups excluding tert-OH is 1. The van der Waals surface area contributed by atoms with Crippen molar-refractivity contribution >= 4 is 17.7 Å². The van der Waals surface area contributed by atoms with E-state index >= 15 is 0 Å². The number of aliphatic hydroxyl groups is 1. The standard InChI is InChI=1S/C29H43N3O5/c1-3-16-30-17-10-14-28(4-2)22(25(30)34)23-26(35)32(18-8-9-20-33)24-27(36)31(21-12-6-5-7-13-21)19-11-15-29(23,24)37-28/h10-11,14-15,21-24,33H,3-9,12-13,16-20H2,1-2H3/t22-,23-,24?,28+,29-/m0/s1. The molecule has 1 saturated carbocycles. The van der Waals surface area contributed by atoms with Crippen LogP contribution in [0.3, 0.4) is 0 Å². The molecule has 37 heavy (non-hydrogen) atoms. The van der Waals surface area contributed by atoms with Gasteiger partial charge in [0, 0.05) is 38.8 Å². The molecular weight excluding hydrogens is 470 g/mol. The van der Waals surface area contributed by atoms with Crippen molar-refractivity contribution < 1.29 is 24.2 Å². The van der Waals surface area contributed by atoms with E-state index in [1.165, 1.54) is 6.42 Å². The highest BCUT2D eigenvalue weighted by molar-refractivity contribution is 6.00. The summed E-state index contributed by atoms with van der Waals surface area (Å²) in [6.07, 6.45) is 15.9. The maximum absolute atomic E-state index is 14.4. The zero-order valence-electron chi connectivity index (χ0n) is 22.4. The minimum atomic E-state index is -1.17. The highest BCUT2D eigenvalue weighted by atomic mass is 16.5. The molecule has 1 spiro atoms. The van der Waals surface area contributed by atoms with Crippen LogP contribution in [-0.2, 0) is 19.1 Å². The van der Waals surface area contributed by atoms with Gasteiger partial charge in [0.1, 0.15) is 11.6 Å². The molecule has 8 heteroatoms. The van der Waals surface area contributed by atoms with Crippen molar-refractivity contribution in [1.82, 2.24) is 14.7 Å². The number of hydrogen-bond acceptors (Lipinski definition) is 5. The zero-order chi connectivity index (χ0) is 26.2. The van der Waals surface area contributed by atoms with E-state index in [4.69, 9.17) is 4.74 Å². The van der Waals surface area contributed by atoms with Gasteiger partial charge in [-0.25, -0.2) is 0 Å². The molecule has 5 aliphatic rings. The lowest BCUT2D eigenvalue weighted by Gasteiger charge is -2.40. The van der Waals surface area contributed by atoms with Crippen LogP contribution in [0.15, 0.2) is 24.3 Å². The number of nitrogens with zero attached hydrogens (tertiary/aromatic N) is 3. The molecule has 0 aromatic rings. The average molecular weight is 514 g/mol. The Balaban J connectivity index is 1.59. The molecule has 1 N–H and O–H groups in total. The monoisotopic (exact) mass is 513 g/mol. The summed E-state index contributed by atoms with van der Waals surface area (Å²) in [5.41, 5.74) is -2.09. The minimum Gasteiger partial charge on any atom is -0.396 e. The number of unbranched alkanes of at least 4 members (excludes halogenated alkanes) is 1. The van der Waals surface area contributed by atoms with Crippen LogP contribution in [0, 0.1) is 11.8 Å². The van der Waals surface area contributed by atoms with Gasteiger partial charge in [0.25, 0.3) is 0 Å². The summed E-state index contributed by atoms with van der Waals surface area (Å²) in [6, 6.07) is -0.622. The topological polar surface area (TPSA) is 90.4 Å². The molecule has 5 atom stereocenters. The van der Waals surface area contributed by atoms with Crippen LogP contribution in [0.4, 0.5) is 0 Å². The first-order chi connectivity index (χ1) is 17.9. The van der Waals surface area contributed by atoms with Crippen molar-refractivity contribution in [1.29, 1.82) is 0 Å². The van der Waals surface area contributed by atoms with Gasteiger partial charge in [0.2, 0.25) is 17.7 Å². The Hall–Kier alpha value is -2.19. The summed E-state index contributed by atoms with van der Waals surface area (Å²) >= 11 is 0. The second-order valence-corrected chi connectivity index (χ2v) is 11.5. The first-order valence-corrected chi connectivity index (χ1v) is 14.5. The molecule has 5 rings (SSSR count). The lowest BCUT2D eigenvalue weighted by molar-refractivity contribution is -0.155. The van der Waals surface area contributed by atoms with Crippen LogP contribution in [0.25, 0.3) is 0 Å². The zero-order valence-corrected chi connectivity index (χ0v) is 22.4. The fraction of sp³-hybridized carbons (Fsp3) is 0.759. The highest BCUT2D eigenvalue weighted by Crippen LogP contribution is 2.58. The van der Waals surface area contributed by atoms with Crippen molar-refractivity contribution in [3.8, 4) is 0 Å². The van der Waals surface area contributed by atoms with E-state index in [-0.39, 0.29) is 30.4 Å². The second-order valence-electron chi connectivity index (χ2n) is 11.5. The molecule has 4 heterocycles. The number of likely N-dealkylation sites (tertiary alicyclic amines) is 1. The van der Waals surface area contributed by atoms with E-state index in [0.29, 0.717) is 45.4 Å². The molecule has 1 aliphatic carbocycles. The van der Waals surface area contributed by atoms with E-state index in [1.54, 1.807) is 4.90 Å².